The van der Waals surface area contributed by atoms with E-state index in [1.165, 1.54) is 0 Å². The minimum atomic E-state index is -0.727. The molecule has 1 rings (SSSR count). The third kappa shape index (κ3) is 2.57. The van der Waals surface area contributed by atoms with Crippen LogP contribution in [0.5, 0.6) is 0 Å². The van der Waals surface area contributed by atoms with Gasteiger partial charge < -0.3 is 4.74 Å². The summed E-state index contributed by atoms with van der Waals surface area (Å²) in [6.07, 6.45) is 1.92. The lowest BCUT2D eigenvalue weighted by Crippen LogP contribution is -2.40. The van der Waals surface area contributed by atoms with Crippen molar-refractivity contribution in [1.82, 2.24) is 0 Å². The minimum absolute atomic E-state index is 0.0675. The number of rotatable bonds is 3. The maximum Gasteiger partial charge on any atom is 0.0477 e. The molecule has 84 valence electrons. The Bertz CT molecular complexity index is 205. The second-order valence-corrected chi connectivity index (χ2v) is 7.18. The number of hydrogen-bond donors (Lipinski definition) is 0. The van der Waals surface area contributed by atoms with Gasteiger partial charge in [-0.3, -0.25) is 4.21 Å². The molecule has 0 aromatic carbocycles. The van der Waals surface area contributed by atoms with Gasteiger partial charge in [0.05, 0.1) is 0 Å². The largest absolute Gasteiger partial charge is 0.381 e. The van der Waals surface area contributed by atoms with E-state index in [1.54, 1.807) is 0 Å². The van der Waals surface area contributed by atoms with E-state index >= 15 is 0 Å². The van der Waals surface area contributed by atoms with Crippen molar-refractivity contribution < 1.29 is 8.95 Å². The smallest absolute Gasteiger partial charge is 0.0477 e. The van der Waals surface area contributed by atoms with Crippen LogP contribution in [-0.4, -0.2) is 27.4 Å². The summed E-state index contributed by atoms with van der Waals surface area (Å²) in [5.41, 5.74) is 0. The van der Waals surface area contributed by atoms with E-state index in [4.69, 9.17) is 4.74 Å². The van der Waals surface area contributed by atoms with Crippen LogP contribution in [0.2, 0.25) is 0 Å². The van der Waals surface area contributed by atoms with Crippen LogP contribution in [0.3, 0.4) is 0 Å². The Morgan fingerprint density at radius 2 is 1.79 bits per heavy atom. The first kappa shape index (κ1) is 12.2. The Morgan fingerprint density at radius 3 is 2.21 bits per heavy atom. The van der Waals surface area contributed by atoms with Crippen molar-refractivity contribution >= 4 is 10.8 Å². The maximum atomic E-state index is 12.3. The van der Waals surface area contributed by atoms with E-state index in [0.717, 1.165) is 26.1 Å². The summed E-state index contributed by atoms with van der Waals surface area (Å²) in [6.45, 7) is 10.1. The van der Waals surface area contributed by atoms with Crippen LogP contribution < -0.4 is 0 Å². The molecule has 0 saturated carbocycles. The van der Waals surface area contributed by atoms with Gasteiger partial charge in [0.25, 0.3) is 0 Å². The summed E-state index contributed by atoms with van der Waals surface area (Å²) in [6, 6.07) is 0. The van der Waals surface area contributed by atoms with Crippen molar-refractivity contribution in [2.75, 3.05) is 13.2 Å². The van der Waals surface area contributed by atoms with Crippen LogP contribution in [0.25, 0.3) is 0 Å². The molecular weight excluding hydrogens is 196 g/mol. The highest BCUT2D eigenvalue weighted by Crippen LogP contribution is 2.29. The Hall–Kier alpha value is 0.110. The molecule has 1 atom stereocenters. The van der Waals surface area contributed by atoms with Crippen LogP contribution in [0.15, 0.2) is 0 Å². The van der Waals surface area contributed by atoms with E-state index < -0.39 is 10.8 Å². The standard InChI is InChI=1S/C11H22O2S/c1-9(2)11(3,4)14(12)10-5-7-13-8-6-10/h9-10H,5-8H2,1-4H3. The lowest BCUT2D eigenvalue weighted by atomic mass is 10.00. The van der Waals surface area contributed by atoms with Crippen LogP contribution in [0.1, 0.15) is 40.5 Å². The summed E-state index contributed by atoms with van der Waals surface area (Å²) in [5.74, 6) is 0.464. The average Bonchev–Trinajstić information content (AvgIpc) is 2.17. The lowest BCUT2D eigenvalue weighted by molar-refractivity contribution is 0.0988. The fourth-order valence-electron chi connectivity index (χ4n) is 1.55. The van der Waals surface area contributed by atoms with Crippen LogP contribution >= 0.6 is 0 Å². The fourth-order valence-corrected chi connectivity index (χ4v) is 3.50. The molecule has 0 amide bonds. The first-order valence-corrected chi connectivity index (χ1v) is 6.66. The molecule has 0 aromatic heterocycles. The van der Waals surface area contributed by atoms with E-state index in [2.05, 4.69) is 27.7 Å². The average molecular weight is 218 g/mol. The second kappa shape index (κ2) is 4.75. The van der Waals surface area contributed by atoms with Gasteiger partial charge >= 0.3 is 0 Å². The molecule has 0 bridgehead atoms. The van der Waals surface area contributed by atoms with Crippen molar-refractivity contribution in [2.45, 2.75) is 50.5 Å². The third-order valence-corrected chi connectivity index (χ3v) is 5.97. The summed E-state index contributed by atoms with van der Waals surface area (Å²) in [7, 11) is -0.727. The molecule has 2 nitrogen and oxygen atoms in total. The van der Waals surface area contributed by atoms with Gasteiger partial charge in [0.15, 0.2) is 0 Å². The van der Waals surface area contributed by atoms with Crippen molar-refractivity contribution in [2.24, 2.45) is 5.92 Å². The van der Waals surface area contributed by atoms with Gasteiger partial charge in [-0.25, -0.2) is 0 Å². The molecule has 0 radical (unpaired) electrons. The van der Waals surface area contributed by atoms with Gasteiger partial charge in [-0.05, 0) is 32.6 Å². The van der Waals surface area contributed by atoms with Gasteiger partial charge in [-0.1, -0.05) is 13.8 Å². The first-order chi connectivity index (χ1) is 6.46. The van der Waals surface area contributed by atoms with E-state index in [1.807, 2.05) is 0 Å². The normalized spacial score (nSPS) is 22.6. The Kier molecular flexibility index (Phi) is 4.14. The molecular formula is C11H22O2S. The van der Waals surface area contributed by atoms with Gasteiger partial charge in [-0.2, -0.15) is 0 Å². The predicted octanol–water partition coefficient (Wildman–Crippen LogP) is 2.35. The van der Waals surface area contributed by atoms with Gasteiger partial charge in [0.2, 0.25) is 0 Å². The predicted molar refractivity (Wildman–Crippen MR) is 60.9 cm³/mol. The summed E-state index contributed by atoms with van der Waals surface area (Å²) in [4.78, 5) is 0. The molecule has 0 aliphatic carbocycles. The van der Waals surface area contributed by atoms with E-state index in [0.29, 0.717) is 11.2 Å². The number of hydrogen-bond acceptors (Lipinski definition) is 2. The molecule has 1 unspecified atom stereocenters. The Balaban J connectivity index is 2.63. The molecule has 0 spiro atoms. The molecule has 1 aliphatic rings. The van der Waals surface area contributed by atoms with Crippen LogP contribution in [0, 0.1) is 5.92 Å². The SMILES string of the molecule is CC(C)C(C)(C)S(=O)C1CCOCC1. The van der Waals surface area contributed by atoms with Crippen molar-refractivity contribution in [3.63, 3.8) is 0 Å². The summed E-state index contributed by atoms with van der Waals surface area (Å²) >= 11 is 0. The Labute approximate surface area is 89.9 Å². The molecule has 1 saturated heterocycles. The monoisotopic (exact) mass is 218 g/mol. The highest BCUT2D eigenvalue weighted by atomic mass is 32.2. The van der Waals surface area contributed by atoms with Crippen molar-refractivity contribution in [3.8, 4) is 0 Å². The molecule has 0 N–H and O–H groups in total. The van der Waals surface area contributed by atoms with Crippen molar-refractivity contribution in [1.29, 1.82) is 0 Å². The van der Waals surface area contributed by atoms with Gasteiger partial charge in [-0.15, -0.1) is 0 Å². The molecule has 0 aromatic rings. The second-order valence-electron chi connectivity index (χ2n) is 4.87. The molecule has 3 heteroatoms. The zero-order valence-corrected chi connectivity index (χ0v) is 10.5. The lowest BCUT2D eigenvalue weighted by Gasteiger charge is -2.34. The topological polar surface area (TPSA) is 26.3 Å². The zero-order chi connectivity index (χ0) is 10.8. The van der Waals surface area contributed by atoms with Crippen LogP contribution in [-0.2, 0) is 15.5 Å². The fraction of sp³-hybridized carbons (Fsp3) is 1.00. The maximum absolute atomic E-state index is 12.3. The first-order valence-electron chi connectivity index (χ1n) is 5.44. The highest BCUT2D eigenvalue weighted by Gasteiger charge is 2.35. The summed E-state index contributed by atoms with van der Waals surface area (Å²) < 4.78 is 17.5. The van der Waals surface area contributed by atoms with Gasteiger partial charge in [0.1, 0.15) is 0 Å². The summed E-state index contributed by atoms with van der Waals surface area (Å²) in [5, 5.41) is 0.348. The molecule has 1 heterocycles. The van der Waals surface area contributed by atoms with Crippen LogP contribution in [0.4, 0.5) is 0 Å². The Morgan fingerprint density at radius 1 is 1.29 bits per heavy atom. The molecule has 1 aliphatic heterocycles. The van der Waals surface area contributed by atoms with E-state index in [-0.39, 0.29) is 4.75 Å². The highest BCUT2D eigenvalue weighted by molar-refractivity contribution is 7.87. The van der Waals surface area contributed by atoms with E-state index in [9.17, 15) is 4.21 Å². The molecule has 14 heavy (non-hydrogen) atoms. The number of ether oxygens (including phenoxy) is 1. The quantitative estimate of drug-likeness (QED) is 0.727. The molecule has 1 fully saturated rings. The third-order valence-electron chi connectivity index (χ3n) is 3.38. The van der Waals surface area contributed by atoms with Crippen molar-refractivity contribution in [3.05, 3.63) is 0 Å². The zero-order valence-electron chi connectivity index (χ0n) is 9.71. The van der Waals surface area contributed by atoms with Gasteiger partial charge in [0, 0.05) is 34.0 Å². The minimum Gasteiger partial charge on any atom is -0.381 e.